The van der Waals surface area contributed by atoms with E-state index in [2.05, 4.69) is 10.3 Å². The molecule has 3 N–H and O–H groups in total. The first-order valence-electron chi connectivity index (χ1n) is 4.87. The van der Waals surface area contributed by atoms with Crippen molar-refractivity contribution in [3.05, 3.63) is 17.8 Å². The normalized spacial score (nSPS) is 10.9. The smallest absolute Gasteiger partial charge is 0.230 e. The Bertz CT molecular complexity index is 422. The van der Waals surface area contributed by atoms with Crippen LogP contribution in [0.4, 0.5) is 11.5 Å². The lowest BCUT2D eigenvalue weighted by atomic mass is 9.96. The van der Waals surface area contributed by atoms with Crippen LogP contribution in [-0.2, 0) is 4.79 Å². The Hall–Kier alpha value is -1.91. The molecule has 1 aromatic rings. The summed E-state index contributed by atoms with van der Waals surface area (Å²) in [5, 5.41) is 2.63. The molecule has 0 fully saturated rings. The molecule has 0 spiro atoms. The quantitative estimate of drug-likeness (QED) is 0.740. The molecular formula is C11H15N3O2. The molecule has 0 saturated carbocycles. The van der Waals surface area contributed by atoms with Gasteiger partial charge in [0.25, 0.3) is 0 Å². The molecule has 0 bridgehead atoms. The predicted molar refractivity (Wildman–Crippen MR) is 62.1 cm³/mol. The Labute approximate surface area is 94.1 Å². The summed E-state index contributed by atoms with van der Waals surface area (Å²) in [5.41, 5.74) is 5.71. The van der Waals surface area contributed by atoms with Gasteiger partial charge in [-0.05, 0) is 0 Å². The minimum absolute atomic E-state index is 0.154. The Morgan fingerprint density at radius 3 is 2.56 bits per heavy atom. The number of hydrogen-bond acceptors (Lipinski definition) is 4. The molecule has 1 aromatic heterocycles. The molecule has 0 unspecified atom stereocenters. The first kappa shape index (κ1) is 12.2. The van der Waals surface area contributed by atoms with Crippen molar-refractivity contribution in [1.82, 2.24) is 4.98 Å². The zero-order chi connectivity index (χ0) is 12.3. The van der Waals surface area contributed by atoms with Gasteiger partial charge in [-0.1, -0.05) is 20.8 Å². The summed E-state index contributed by atoms with van der Waals surface area (Å²) in [7, 11) is 0. The fraction of sp³-hybridized carbons (Fsp3) is 0.364. The second-order valence-corrected chi connectivity index (χ2v) is 4.52. The van der Waals surface area contributed by atoms with E-state index >= 15 is 0 Å². The first-order valence-corrected chi connectivity index (χ1v) is 4.87. The van der Waals surface area contributed by atoms with Crippen LogP contribution < -0.4 is 11.1 Å². The maximum absolute atomic E-state index is 11.6. The number of rotatable bonds is 2. The monoisotopic (exact) mass is 221 g/mol. The Balaban J connectivity index is 2.88. The summed E-state index contributed by atoms with van der Waals surface area (Å²) in [4.78, 5) is 26.1. The van der Waals surface area contributed by atoms with Crippen LogP contribution in [0, 0.1) is 5.41 Å². The number of nitrogen functional groups attached to an aromatic ring is 1. The SMILES string of the molecule is CC(C)(C)C(=O)Nc1cc(N)c(C=O)cn1. The van der Waals surface area contributed by atoms with E-state index in [1.807, 2.05) is 0 Å². The zero-order valence-corrected chi connectivity index (χ0v) is 9.57. The van der Waals surface area contributed by atoms with Crippen LogP contribution in [0.25, 0.3) is 0 Å². The van der Waals surface area contributed by atoms with Gasteiger partial charge in [-0.25, -0.2) is 4.98 Å². The second kappa shape index (κ2) is 4.30. The van der Waals surface area contributed by atoms with Gasteiger partial charge in [-0.3, -0.25) is 9.59 Å². The van der Waals surface area contributed by atoms with Gasteiger partial charge < -0.3 is 11.1 Å². The molecule has 86 valence electrons. The summed E-state index contributed by atoms with van der Waals surface area (Å²) in [6.07, 6.45) is 1.96. The maximum atomic E-state index is 11.6. The Kier molecular flexibility index (Phi) is 3.27. The van der Waals surface area contributed by atoms with E-state index in [9.17, 15) is 9.59 Å². The van der Waals surface area contributed by atoms with Crippen LogP contribution in [0.5, 0.6) is 0 Å². The predicted octanol–water partition coefficient (Wildman–Crippen LogP) is 1.46. The molecule has 0 aliphatic heterocycles. The average molecular weight is 221 g/mol. The van der Waals surface area contributed by atoms with Crippen molar-refractivity contribution < 1.29 is 9.59 Å². The van der Waals surface area contributed by atoms with Crippen molar-refractivity contribution in [3.63, 3.8) is 0 Å². The number of amides is 1. The number of nitrogens with zero attached hydrogens (tertiary/aromatic N) is 1. The van der Waals surface area contributed by atoms with E-state index < -0.39 is 5.41 Å². The van der Waals surface area contributed by atoms with Crippen LogP contribution in [0.15, 0.2) is 12.3 Å². The molecule has 1 rings (SSSR count). The number of carbonyl (C=O) groups is 2. The van der Waals surface area contributed by atoms with Crippen LogP contribution in [0.1, 0.15) is 31.1 Å². The van der Waals surface area contributed by atoms with Crippen molar-refractivity contribution in [2.75, 3.05) is 11.1 Å². The molecule has 0 aliphatic carbocycles. The molecule has 1 heterocycles. The minimum Gasteiger partial charge on any atom is -0.398 e. The summed E-state index contributed by atoms with van der Waals surface area (Å²) in [5.74, 6) is 0.196. The van der Waals surface area contributed by atoms with Crippen LogP contribution in [-0.4, -0.2) is 17.2 Å². The lowest BCUT2D eigenvalue weighted by Gasteiger charge is -2.17. The highest BCUT2D eigenvalue weighted by Gasteiger charge is 2.21. The van der Waals surface area contributed by atoms with Crippen LogP contribution >= 0.6 is 0 Å². The van der Waals surface area contributed by atoms with Crippen molar-refractivity contribution in [2.24, 2.45) is 5.41 Å². The van der Waals surface area contributed by atoms with Gasteiger partial charge in [-0.2, -0.15) is 0 Å². The van der Waals surface area contributed by atoms with E-state index in [0.717, 1.165) is 0 Å². The molecule has 0 atom stereocenters. The topological polar surface area (TPSA) is 85.1 Å². The van der Waals surface area contributed by atoms with E-state index in [1.54, 1.807) is 20.8 Å². The second-order valence-electron chi connectivity index (χ2n) is 4.52. The standard InChI is InChI=1S/C11H15N3O2/c1-11(2,3)10(16)14-9-4-8(12)7(6-15)5-13-9/h4-6H,1-3H3,(H3,12,13,14,16). The van der Waals surface area contributed by atoms with Crippen molar-refractivity contribution in [3.8, 4) is 0 Å². The molecule has 5 nitrogen and oxygen atoms in total. The number of hydrogen-bond donors (Lipinski definition) is 2. The molecule has 5 heteroatoms. The van der Waals surface area contributed by atoms with Crippen molar-refractivity contribution in [2.45, 2.75) is 20.8 Å². The average Bonchev–Trinajstić information content (AvgIpc) is 2.16. The van der Waals surface area contributed by atoms with E-state index in [1.165, 1.54) is 12.3 Å². The summed E-state index contributed by atoms with van der Waals surface area (Å²) in [6, 6.07) is 1.47. The first-order chi connectivity index (χ1) is 7.34. The van der Waals surface area contributed by atoms with E-state index in [4.69, 9.17) is 5.73 Å². The van der Waals surface area contributed by atoms with Gasteiger partial charge in [0.15, 0.2) is 6.29 Å². The third-order valence-corrected chi connectivity index (χ3v) is 2.02. The molecular weight excluding hydrogens is 206 g/mol. The minimum atomic E-state index is -0.500. The largest absolute Gasteiger partial charge is 0.398 e. The van der Waals surface area contributed by atoms with Gasteiger partial charge in [0.2, 0.25) is 5.91 Å². The molecule has 0 radical (unpaired) electrons. The van der Waals surface area contributed by atoms with Gasteiger partial charge in [0.05, 0.1) is 5.56 Å². The van der Waals surface area contributed by atoms with Gasteiger partial charge in [-0.15, -0.1) is 0 Å². The summed E-state index contributed by atoms with van der Waals surface area (Å²) >= 11 is 0. The van der Waals surface area contributed by atoms with Gasteiger partial charge in [0, 0.05) is 23.4 Å². The van der Waals surface area contributed by atoms with E-state index in [-0.39, 0.29) is 5.91 Å². The van der Waals surface area contributed by atoms with Gasteiger partial charge in [0.1, 0.15) is 5.82 Å². The fourth-order valence-corrected chi connectivity index (χ4v) is 0.952. The number of nitrogens with two attached hydrogens (primary N) is 1. The summed E-state index contributed by atoms with van der Waals surface area (Å²) < 4.78 is 0. The maximum Gasteiger partial charge on any atom is 0.230 e. The fourth-order valence-electron chi connectivity index (χ4n) is 0.952. The number of anilines is 2. The third-order valence-electron chi connectivity index (χ3n) is 2.02. The lowest BCUT2D eigenvalue weighted by molar-refractivity contribution is -0.123. The number of aldehydes is 1. The van der Waals surface area contributed by atoms with Crippen LogP contribution in [0.2, 0.25) is 0 Å². The lowest BCUT2D eigenvalue weighted by Crippen LogP contribution is -2.28. The molecule has 0 aliphatic rings. The number of nitrogens with one attached hydrogen (secondary N) is 1. The highest BCUT2D eigenvalue weighted by Crippen LogP contribution is 2.18. The van der Waals surface area contributed by atoms with Crippen molar-refractivity contribution in [1.29, 1.82) is 0 Å². The third kappa shape index (κ3) is 2.79. The van der Waals surface area contributed by atoms with E-state index in [0.29, 0.717) is 23.4 Å². The van der Waals surface area contributed by atoms with Crippen molar-refractivity contribution >= 4 is 23.7 Å². The Morgan fingerprint density at radius 1 is 1.50 bits per heavy atom. The number of carbonyl (C=O) groups excluding carboxylic acids is 2. The summed E-state index contributed by atoms with van der Waals surface area (Å²) in [6.45, 7) is 5.39. The Morgan fingerprint density at radius 2 is 2.12 bits per heavy atom. The molecule has 0 aromatic carbocycles. The highest BCUT2D eigenvalue weighted by atomic mass is 16.2. The number of pyridine rings is 1. The highest BCUT2D eigenvalue weighted by molar-refractivity contribution is 5.94. The molecule has 16 heavy (non-hydrogen) atoms. The van der Waals surface area contributed by atoms with Gasteiger partial charge >= 0.3 is 0 Å². The van der Waals surface area contributed by atoms with Crippen LogP contribution in [0.3, 0.4) is 0 Å². The number of aromatic nitrogens is 1. The molecule has 1 amide bonds. The molecule has 0 saturated heterocycles. The zero-order valence-electron chi connectivity index (χ0n) is 9.57.